The minimum atomic E-state index is -0.405. The van der Waals surface area contributed by atoms with Gasteiger partial charge in [0.1, 0.15) is 0 Å². The molecule has 15 heavy (non-hydrogen) atoms. The van der Waals surface area contributed by atoms with Crippen LogP contribution in [0.25, 0.3) is 0 Å². The third-order valence-electron chi connectivity index (χ3n) is 2.82. The Morgan fingerprint density at radius 1 is 0.933 bits per heavy atom. The summed E-state index contributed by atoms with van der Waals surface area (Å²) in [5.41, 5.74) is -0.405. The van der Waals surface area contributed by atoms with E-state index in [2.05, 4.69) is 34.6 Å². The molecule has 0 heterocycles. The standard InChI is InChI=1S/C14H30O/c1-6-7-8-9-14(15,10-12(2)3)11-13(4)5/h12-13,15H,6-11H2,1-5H3. The maximum Gasteiger partial charge on any atom is 0.0652 e. The molecule has 0 aromatic rings. The summed E-state index contributed by atoms with van der Waals surface area (Å²) in [6.45, 7) is 11.0. The highest BCUT2D eigenvalue weighted by atomic mass is 16.3. The van der Waals surface area contributed by atoms with Crippen molar-refractivity contribution in [3.63, 3.8) is 0 Å². The summed E-state index contributed by atoms with van der Waals surface area (Å²) in [4.78, 5) is 0. The van der Waals surface area contributed by atoms with Crippen LogP contribution in [0.3, 0.4) is 0 Å². The van der Waals surface area contributed by atoms with Crippen molar-refractivity contribution in [3.8, 4) is 0 Å². The molecule has 0 rings (SSSR count). The fourth-order valence-corrected chi connectivity index (χ4v) is 2.51. The average Bonchev–Trinajstić information content (AvgIpc) is 2.00. The van der Waals surface area contributed by atoms with Crippen LogP contribution in [0.5, 0.6) is 0 Å². The van der Waals surface area contributed by atoms with Gasteiger partial charge in [-0.15, -0.1) is 0 Å². The van der Waals surface area contributed by atoms with Crippen molar-refractivity contribution < 1.29 is 5.11 Å². The Hall–Kier alpha value is -0.0400. The first-order chi connectivity index (χ1) is 6.89. The van der Waals surface area contributed by atoms with Gasteiger partial charge in [0.2, 0.25) is 0 Å². The zero-order chi connectivity index (χ0) is 11.9. The third kappa shape index (κ3) is 7.84. The topological polar surface area (TPSA) is 20.2 Å². The fourth-order valence-electron chi connectivity index (χ4n) is 2.51. The maximum absolute atomic E-state index is 10.6. The molecule has 0 radical (unpaired) electrons. The van der Waals surface area contributed by atoms with Crippen LogP contribution in [0.15, 0.2) is 0 Å². The monoisotopic (exact) mass is 214 g/mol. The molecule has 0 saturated carbocycles. The molecule has 0 fully saturated rings. The number of hydrogen-bond acceptors (Lipinski definition) is 1. The number of rotatable bonds is 8. The predicted molar refractivity (Wildman–Crippen MR) is 68.0 cm³/mol. The molecule has 0 aromatic carbocycles. The Kier molecular flexibility index (Phi) is 7.25. The minimum absolute atomic E-state index is 0.405. The van der Waals surface area contributed by atoms with Crippen molar-refractivity contribution in [2.75, 3.05) is 0 Å². The summed E-state index contributed by atoms with van der Waals surface area (Å²) >= 11 is 0. The van der Waals surface area contributed by atoms with Crippen molar-refractivity contribution >= 4 is 0 Å². The highest BCUT2D eigenvalue weighted by Gasteiger charge is 2.28. The Bertz CT molecular complexity index is 139. The SMILES string of the molecule is CCCCCC(O)(CC(C)C)CC(C)C. The summed E-state index contributed by atoms with van der Waals surface area (Å²) in [5, 5.41) is 10.6. The van der Waals surface area contributed by atoms with Gasteiger partial charge in [0, 0.05) is 0 Å². The highest BCUT2D eigenvalue weighted by molar-refractivity contribution is 4.80. The Morgan fingerprint density at radius 3 is 1.73 bits per heavy atom. The van der Waals surface area contributed by atoms with E-state index < -0.39 is 5.60 Å². The van der Waals surface area contributed by atoms with Gasteiger partial charge in [0.25, 0.3) is 0 Å². The van der Waals surface area contributed by atoms with E-state index in [1.54, 1.807) is 0 Å². The van der Waals surface area contributed by atoms with E-state index >= 15 is 0 Å². The predicted octanol–water partition coefficient (Wildman–Crippen LogP) is 4.39. The van der Waals surface area contributed by atoms with E-state index in [0.29, 0.717) is 11.8 Å². The largest absolute Gasteiger partial charge is 0.390 e. The summed E-state index contributed by atoms with van der Waals surface area (Å²) in [6.07, 6.45) is 6.55. The van der Waals surface area contributed by atoms with Crippen molar-refractivity contribution in [3.05, 3.63) is 0 Å². The molecule has 0 amide bonds. The third-order valence-corrected chi connectivity index (χ3v) is 2.82. The smallest absolute Gasteiger partial charge is 0.0652 e. The second-order valence-electron chi connectivity index (χ2n) is 5.88. The van der Waals surface area contributed by atoms with Crippen LogP contribution < -0.4 is 0 Å². The van der Waals surface area contributed by atoms with Crippen molar-refractivity contribution in [2.24, 2.45) is 11.8 Å². The molecule has 0 unspecified atom stereocenters. The molecule has 0 aromatic heterocycles. The molecule has 1 heteroatoms. The van der Waals surface area contributed by atoms with Gasteiger partial charge in [-0.2, -0.15) is 0 Å². The molecular formula is C14H30O. The first-order valence-electron chi connectivity index (χ1n) is 6.62. The normalized spacial score (nSPS) is 12.8. The number of aliphatic hydroxyl groups is 1. The van der Waals surface area contributed by atoms with Crippen LogP contribution in [-0.4, -0.2) is 10.7 Å². The summed E-state index contributed by atoms with van der Waals surface area (Å²) in [6, 6.07) is 0. The summed E-state index contributed by atoms with van der Waals surface area (Å²) in [5.74, 6) is 1.19. The van der Waals surface area contributed by atoms with E-state index in [-0.39, 0.29) is 0 Å². The van der Waals surface area contributed by atoms with E-state index in [4.69, 9.17) is 0 Å². The van der Waals surface area contributed by atoms with Gasteiger partial charge in [-0.25, -0.2) is 0 Å². The summed E-state index contributed by atoms with van der Waals surface area (Å²) in [7, 11) is 0. The molecule has 0 bridgehead atoms. The second kappa shape index (κ2) is 7.27. The van der Waals surface area contributed by atoms with Gasteiger partial charge in [-0.1, -0.05) is 53.9 Å². The van der Waals surface area contributed by atoms with Crippen LogP contribution in [0, 0.1) is 11.8 Å². The number of unbranched alkanes of at least 4 members (excludes halogenated alkanes) is 2. The molecule has 0 spiro atoms. The van der Waals surface area contributed by atoms with E-state index in [1.165, 1.54) is 19.3 Å². The molecule has 0 aliphatic rings. The molecule has 1 nitrogen and oxygen atoms in total. The van der Waals surface area contributed by atoms with Crippen LogP contribution in [-0.2, 0) is 0 Å². The Balaban J connectivity index is 4.14. The first kappa shape index (κ1) is 15.0. The molecule has 0 aliphatic carbocycles. The minimum Gasteiger partial charge on any atom is -0.390 e. The van der Waals surface area contributed by atoms with Crippen molar-refractivity contribution in [2.45, 2.75) is 78.7 Å². The Labute approximate surface area is 96.3 Å². The van der Waals surface area contributed by atoms with Crippen LogP contribution in [0.1, 0.15) is 73.1 Å². The lowest BCUT2D eigenvalue weighted by atomic mass is 9.81. The Morgan fingerprint density at radius 2 is 1.40 bits per heavy atom. The lowest BCUT2D eigenvalue weighted by Gasteiger charge is -2.31. The highest BCUT2D eigenvalue weighted by Crippen LogP contribution is 2.29. The van der Waals surface area contributed by atoms with Crippen molar-refractivity contribution in [1.82, 2.24) is 0 Å². The molecule has 0 aliphatic heterocycles. The molecular weight excluding hydrogens is 184 g/mol. The fraction of sp³-hybridized carbons (Fsp3) is 1.00. The van der Waals surface area contributed by atoms with Crippen molar-refractivity contribution in [1.29, 1.82) is 0 Å². The zero-order valence-electron chi connectivity index (χ0n) is 11.3. The van der Waals surface area contributed by atoms with Gasteiger partial charge < -0.3 is 5.11 Å². The van der Waals surface area contributed by atoms with Crippen LogP contribution >= 0.6 is 0 Å². The maximum atomic E-state index is 10.6. The molecule has 92 valence electrons. The van der Waals surface area contributed by atoms with Gasteiger partial charge >= 0.3 is 0 Å². The number of hydrogen-bond donors (Lipinski definition) is 1. The molecule has 0 saturated heterocycles. The average molecular weight is 214 g/mol. The van der Waals surface area contributed by atoms with Crippen LogP contribution in [0.2, 0.25) is 0 Å². The van der Waals surface area contributed by atoms with Gasteiger partial charge in [-0.05, 0) is 31.1 Å². The second-order valence-corrected chi connectivity index (χ2v) is 5.88. The van der Waals surface area contributed by atoms with Gasteiger partial charge in [0.15, 0.2) is 0 Å². The zero-order valence-corrected chi connectivity index (χ0v) is 11.3. The van der Waals surface area contributed by atoms with Gasteiger partial charge in [-0.3, -0.25) is 0 Å². The lowest BCUT2D eigenvalue weighted by molar-refractivity contribution is -0.00938. The summed E-state index contributed by atoms with van der Waals surface area (Å²) < 4.78 is 0. The molecule has 0 atom stereocenters. The van der Waals surface area contributed by atoms with E-state index in [1.807, 2.05) is 0 Å². The first-order valence-corrected chi connectivity index (χ1v) is 6.62. The van der Waals surface area contributed by atoms with E-state index in [0.717, 1.165) is 19.3 Å². The van der Waals surface area contributed by atoms with Gasteiger partial charge in [0.05, 0.1) is 5.60 Å². The molecule has 1 N–H and O–H groups in total. The lowest BCUT2D eigenvalue weighted by Crippen LogP contribution is -2.32. The van der Waals surface area contributed by atoms with E-state index in [9.17, 15) is 5.11 Å². The van der Waals surface area contributed by atoms with Crippen LogP contribution in [0.4, 0.5) is 0 Å². The quantitative estimate of drug-likeness (QED) is 0.594.